The van der Waals surface area contributed by atoms with Crippen molar-refractivity contribution < 1.29 is 4.11 Å². The lowest BCUT2D eigenvalue weighted by atomic mass is 9.33. The van der Waals surface area contributed by atoms with Crippen LogP contribution in [-0.4, -0.2) is 6.71 Å². The van der Waals surface area contributed by atoms with Gasteiger partial charge in [0.05, 0.1) is 5.69 Å². The van der Waals surface area contributed by atoms with E-state index in [2.05, 4.69) is 178 Å². The van der Waals surface area contributed by atoms with Gasteiger partial charge in [-0.2, -0.15) is 0 Å². The van der Waals surface area contributed by atoms with E-state index < -0.39 is 6.85 Å². The number of thiophene rings is 1. The van der Waals surface area contributed by atoms with Crippen molar-refractivity contribution in [1.29, 1.82) is 0 Å². The molecule has 2 aliphatic heterocycles. The minimum Gasteiger partial charge on any atom is -0.311 e. The van der Waals surface area contributed by atoms with Gasteiger partial charge in [-0.1, -0.05) is 125 Å². The molecule has 2 aliphatic carbocycles. The quantitative estimate of drug-likeness (QED) is 0.160. The summed E-state index contributed by atoms with van der Waals surface area (Å²) in [6.45, 7) is 26.0. The molecule has 0 unspecified atom stereocenters. The second kappa shape index (κ2) is 12.4. The molecule has 61 heavy (non-hydrogen) atoms. The Labute approximate surface area is 373 Å². The summed E-state index contributed by atoms with van der Waals surface area (Å²) in [6.07, 6.45) is 3.31. The molecule has 0 saturated heterocycles. The molecular formula is C57H61BN2S. The van der Waals surface area contributed by atoms with Crippen LogP contribution >= 0.6 is 11.3 Å². The van der Waals surface area contributed by atoms with Gasteiger partial charge in [0.2, 0.25) is 0 Å². The number of hydrogen-bond donors (Lipinski definition) is 0. The first-order chi connectivity index (χ1) is 29.9. The van der Waals surface area contributed by atoms with Crippen molar-refractivity contribution in [1.82, 2.24) is 0 Å². The summed E-state index contributed by atoms with van der Waals surface area (Å²) in [7, 11) is 0. The largest absolute Gasteiger partial charge is 0.311 e. The first kappa shape index (κ1) is 35.8. The van der Waals surface area contributed by atoms with Crippen molar-refractivity contribution in [3.8, 4) is 0 Å². The summed E-state index contributed by atoms with van der Waals surface area (Å²) in [6, 6.07) is 36.6. The number of fused-ring (bicyclic) bond motifs is 9. The van der Waals surface area contributed by atoms with Crippen molar-refractivity contribution >= 4 is 88.7 Å². The van der Waals surface area contributed by atoms with Crippen LogP contribution in [0.2, 0.25) is 0 Å². The zero-order chi connectivity index (χ0) is 45.4. The summed E-state index contributed by atoms with van der Waals surface area (Å²) in [5, 5.41) is 2.42. The summed E-state index contributed by atoms with van der Waals surface area (Å²) in [4.78, 5) is 4.94. The minimum atomic E-state index is -2.35. The van der Waals surface area contributed by atoms with E-state index in [0.717, 1.165) is 53.4 Å². The van der Waals surface area contributed by atoms with Crippen LogP contribution in [0.5, 0.6) is 0 Å². The normalized spacial score (nSPS) is 19.7. The van der Waals surface area contributed by atoms with Gasteiger partial charge in [0.1, 0.15) is 0 Å². The summed E-state index contributed by atoms with van der Waals surface area (Å²) in [5.41, 5.74) is 18.5. The zero-order valence-electron chi connectivity index (χ0n) is 41.2. The van der Waals surface area contributed by atoms with Gasteiger partial charge >= 0.3 is 0 Å². The molecule has 3 heterocycles. The van der Waals surface area contributed by atoms with E-state index in [1.807, 2.05) is 23.5 Å². The first-order valence-corrected chi connectivity index (χ1v) is 23.4. The molecule has 4 heteroatoms. The van der Waals surface area contributed by atoms with Crippen LogP contribution < -0.4 is 26.2 Å². The number of aryl methyl sites for hydroxylation is 2. The van der Waals surface area contributed by atoms with E-state index in [1.165, 1.54) is 69.9 Å². The molecule has 6 aromatic carbocycles. The maximum Gasteiger partial charge on any atom is 0.252 e. The standard InChI is InChI=1S/C57H61BN2S/c1-33-25-47-52-48(26-33)60(45-30-39-37(27-34(45)2)54(6,7)23-24-55(39,8)9)46-31-40-38(56(10,11)32-57(40,12)13)29-42(46)58(52)41-28-35(53(3,4)5)21-22-43(41)59(47)44-18-16-20-50-51(44)36-17-14-15-19-49(36)61-50/h14-22,25-31H,23-24,32H2,1-13H3/i1D3. The van der Waals surface area contributed by atoms with Crippen LogP contribution in [0.25, 0.3) is 20.2 Å². The predicted octanol–water partition coefficient (Wildman–Crippen LogP) is 14.4. The van der Waals surface area contributed by atoms with E-state index in [9.17, 15) is 0 Å². The second-order valence-electron chi connectivity index (χ2n) is 22.7. The van der Waals surface area contributed by atoms with Gasteiger partial charge in [-0.05, 0) is 164 Å². The van der Waals surface area contributed by atoms with E-state index >= 15 is 0 Å². The highest BCUT2D eigenvalue weighted by Crippen LogP contribution is 2.55. The van der Waals surface area contributed by atoms with E-state index in [1.54, 1.807) is 0 Å². The van der Waals surface area contributed by atoms with Crippen LogP contribution in [0.3, 0.4) is 0 Å². The lowest BCUT2D eigenvalue weighted by molar-refractivity contribution is 0.332. The highest BCUT2D eigenvalue weighted by molar-refractivity contribution is 7.26. The van der Waals surface area contributed by atoms with Crippen LogP contribution in [0.1, 0.15) is 138 Å². The summed E-state index contributed by atoms with van der Waals surface area (Å²) >= 11 is 1.82. The summed E-state index contributed by atoms with van der Waals surface area (Å²) < 4.78 is 29.9. The lowest BCUT2D eigenvalue weighted by Crippen LogP contribution is -2.62. The molecule has 0 atom stereocenters. The van der Waals surface area contributed by atoms with Gasteiger partial charge in [0.25, 0.3) is 6.71 Å². The average Bonchev–Trinajstić information content (AvgIpc) is 3.68. The average molecular weight is 820 g/mol. The monoisotopic (exact) mass is 819 g/mol. The summed E-state index contributed by atoms with van der Waals surface area (Å²) in [5.74, 6) is 0. The van der Waals surface area contributed by atoms with Crippen molar-refractivity contribution in [2.45, 2.75) is 136 Å². The number of nitrogens with zero attached hydrogens (tertiary/aromatic N) is 2. The van der Waals surface area contributed by atoms with Gasteiger partial charge in [-0.15, -0.1) is 11.3 Å². The molecule has 0 spiro atoms. The molecule has 2 nitrogen and oxygen atoms in total. The zero-order valence-corrected chi connectivity index (χ0v) is 39.1. The first-order valence-electron chi connectivity index (χ1n) is 24.1. The molecular weight excluding hydrogens is 756 g/mol. The Morgan fingerprint density at radius 1 is 0.574 bits per heavy atom. The molecule has 0 saturated carbocycles. The predicted molar refractivity (Wildman–Crippen MR) is 267 cm³/mol. The molecule has 0 bridgehead atoms. The fourth-order valence-corrected chi connectivity index (χ4v) is 13.5. The van der Waals surface area contributed by atoms with Gasteiger partial charge in [0.15, 0.2) is 0 Å². The third-order valence-electron chi connectivity index (χ3n) is 15.4. The van der Waals surface area contributed by atoms with Crippen LogP contribution in [0.4, 0.5) is 34.1 Å². The Bertz CT molecular complexity index is 3160. The van der Waals surface area contributed by atoms with E-state index in [0.29, 0.717) is 5.56 Å². The van der Waals surface area contributed by atoms with Crippen LogP contribution in [0.15, 0.2) is 97.1 Å². The highest BCUT2D eigenvalue weighted by atomic mass is 32.1. The van der Waals surface area contributed by atoms with Crippen molar-refractivity contribution in [3.63, 3.8) is 0 Å². The number of hydrogen-bond acceptors (Lipinski definition) is 3. The molecule has 0 amide bonds. The van der Waals surface area contributed by atoms with Crippen molar-refractivity contribution in [2.75, 3.05) is 9.80 Å². The maximum atomic E-state index is 9.13. The fraction of sp³-hybridized carbons (Fsp3) is 0.368. The molecule has 0 fully saturated rings. The smallest absolute Gasteiger partial charge is 0.252 e. The van der Waals surface area contributed by atoms with E-state index in [4.69, 9.17) is 4.11 Å². The van der Waals surface area contributed by atoms with E-state index in [-0.39, 0.29) is 33.8 Å². The lowest BCUT2D eigenvalue weighted by Gasteiger charge is -2.47. The molecule has 1 aromatic heterocycles. The Morgan fingerprint density at radius 3 is 1.85 bits per heavy atom. The van der Waals surface area contributed by atoms with Crippen LogP contribution in [-0.2, 0) is 27.1 Å². The van der Waals surface area contributed by atoms with Crippen molar-refractivity contribution in [3.05, 3.63) is 136 Å². The Balaban J connectivity index is 1.32. The van der Waals surface area contributed by atoms with Crippen molar-refractivity contribution in [2.24, 2.45) is 0 Å². The third-order valence-corrected chi connectivity index (χ3v) is 16.6. The fourth-order valence-electron chi connectivity index (χ4n) is 12.3. The van der Waals surface area contributed by atoms with Gasteiger partial charge < -0.3 is 9.80 Å². The molecule has 0 N–H and O–H groups in total. The molecule has 0 radical (unpaired) electrons. The Morgan fingerprint density at radius 2 is 1.16 bits per heavy atom. The highest BCUT2D eigenvalue weighted by Gasteiger charge is 2.49. The third kappa shape index (κ3) is 5.52. The second-order valence-corrected chi connectivity index (χ2v) is 23.7. The number of benzene rings is 6. The van der Waals surface area contributed by atoms with Crippen LogP contribution in [0, 0.1) is 13.8 Å². The maximum absolute atomic E-state index is 9.13. The SMILES string of the molecule is [2H]C([2H])([2H])c1cc2c3c(c1)N(c1cccc4sc5ccccc5c14)c1ccc(C(C)(C)C)cc1B3c1cc3c(cc1N2c1cc2c(cc1C)C(C)(C)CCC2(C)C)C(C)(C)CC3(C)C. The minimum absolute atomic E-state index is 0.0144. The molecule has 11 rings (SSSR count). The van der Waals surface area contributed by atoms with Gasteiger partial charge in [-0.25, -0.2) is 0 Å². The Hall–Kier alpha value is -4.80. The topological polar surface area (TPSA) is 6.48 Å². The molecule has 4 aliphatic rings. The number of rotatable bonds is 2. The molecule has 7 aromatic rings. The van der Waals surface area contributed by atoms with Gasteiger partial charge in [0, 0.05) is 52.7 Å². The van der Waals surface area contributed by atoms with Gasteiger partial charge in [-0.3, -0.25) is 0 Å². The number of anilines is 6. The Kier molecular flexibility index (Phi) is 7.29. The molecule has 308 valence electrons.